The highest BCUT2D eigenvalue weighted by atomic mass is 35.5. The van der Waals surface area contributed by atoms with Crippen molar-refractivity contribution >= 4 is 17.5 Å². The van der Waals surface area contributed by atoms with E-state index in [1.54, 1.807) is 6.07 Å². The van der Waals surface area contributed by atoms with Gasteiger partial charge in [0.15, 0.2) is 5.82 Å². The van der Waals surface area contributed by atoms with Crippen LogP contribution in [0, 0.1) is 0 Å². The largest absolute Gasteiger partial charge is 0.464 e. The van der Waals surface area contributed by atoms with Crippen LogP contribution in [0.5, 0.6) is 6.01 Å². The standard InChI is InChI=1S/C14H17ClN4O/c1-3-9-16-13-17-12(18-14(19-13)20-4-2)10-7-5-6-8-11(10)15/h5-8H,3-4,9H2,1-2H3,(H,16,17,18,19). The Bertz CT molecular complexity index is 577. The zero-order chi connectivity index (χ0) is 14.4. The zero-order valence-electron chi connectivity index (χ0n) is 11.6. The van der Waals surface area contributed by atoms with Crippen LogP contribution in [-0.2, 0) is 0 Å². The third-order valence-corrected chi connectivity index (χ3v) is 2.87. The number of nitrogens with zero attached hydrogens (tertiary/aromatic N) is 3. The fourth-order valence-electron chi connectivity index (χ4n) is 1.63. The second kappa shape index (κ2) is 7.05. The average Bonchev–Trinajstić information content (AvgIpc) is 2.46. The number of ether oxygens (including phenoxy) is 1. The lowest BCUT2D eigenvalue weighted by Gasteiger charge is -2.09. The second-order valence-electron chi connectivity index (χ2n) is 4.10. The van der Waals surface area contributed by atoms with E-state index >= 15 is 0 Å². The van der Waals surface area contributed by atoms with E-state index in [-0.39, 0.29) is 0 Å². The molecule has 0 bridgehead atoms. The molecule has 2 rings (SSSR count). The number of rotatable bonds is 6. The molecular weight excluding hydrogens is 276 g/mol. The first kappa shape index (κ1) is 14.5. The van der Waals surface area contributed by atoms with Gasteiger partial charge in [0.05, 0.1) is 11.6 Å². The predicted molar refractivity (Wildman–Crippen MR) is 80.2 cm³/mol. The normalized spacial score (nSPS) is 10.3. The van der Waals surface area contributed by atoms with Gasteiger partial charge in [-0.15, -0.1) is 0 Å². The van der Waals surface area contributed by atoms with Gasteiger partial charge in [0.1, 0.15) is 0 Å². The Labute approximate surface area is 123 Å². The molecule has 0 saturated heterocycles. The molecule has 0 aliphatic heterocycles. The maximum absolute atomic E-state index is 6.18. The number of benzene rings is 1. The summed E-state index contributed by atoms with van der Waals surface area (Å²) in [6, 6.07) is 7.74. The minimum atomic E-state index is 0.302. The lowest BCUT2D eigenvalue weighted by molar-refractivity contribution is 0.312. The topological polar surface area (TPSA) is 59.9 Å². The molecule has 6 heteroatoms. The van der Waals surface area contributed by atoms with Crippen molar-refractivity contribution in [2.45, 2.75) is 20.3 Å². The molecule has 0 fully saturated rings. The van der Waals surface area contributed by atoms with Crippen molar-refractivity contribution in [2.24, 2.45) is 0 Å². The van der Waals surface area contributed by atoms with Gasteiger partial charge in [-0.05, 0) is 25.5 Å². The van der Waals surface area contributed by atoms with E-state index in [4.69, 9.17) is 16.3 Å². The summed E-state index contributed by atoms with van der Waals surface area (Å²) in [6.07, 6.45) is 0.983. The summed E-state index contributed by atoms with van der Waals surface area (Å²) in [5, 5.41) is 3.74. The van der Waals surface area contributed by atoms with Crippen molar-refractivity contribution in [2.75, 3.05) is 18.5 Å². The molecule has 0 radical (unpaired) electrons. The fourth-order valence-corrected chi connectivity index (χ4v) is 1.85. The molecule has 0 amide bonds. The molecule has 0 saturated carbocycles. The molecule has 1 aromatic carbocycles. The highest BCUT2D eigenvalue weighted by Gasteiger charge is 2.11. The van der Waals surface area contributed by atoms with Gasteiger partial charge in [-0.25, -0.2) is 0 Å². The van der Waals surface area contributed by atoms with E-state index in [1.165, 1.54) is 0 Å². The summed E-state index contributed by atoms with van der Waals surface area (Å²) in [5.41, 5.74) is 0.761. The van der Waals surface area contributed by atoms with E-state index in [9.17, 15) is 0 Å². The Morgan fingerprint density at radius 3 is 2.65 bits per heavy atom. The molecule has 0 spiro atoms. The summed E-state index contributed by atoms with van der Waals surface area (Å²) in [6.45, 7) is 5.25. The van der Waals surface area contributed by atoms with Crippen LogP contribution in [0.25, 0.3) is 11.4 Å². The molecule has 1 N–H and O–H groups in total. The van der Waals surface area contributed by atoms with Crippen molar-refractivity contribution in [1.29, 1.82) is 0 Å². The Morgan fingerprint density at radius 1 is 1.15 bits per heavy atom. The number of nitrogens with one attached hydrogen (secondary N) is 1. The third-order valence-electron chi connectivity index (χ3n) is 2.54. The van der Waals surface area contributed by atoms with Crippen molar-refractivity contribution < 1.29 is 4.74 Å². The molecular formula is C14H17ClN4O. The Morgan fingerprint density at radius 2 is 1.95 bits per heavy atom. The molecule has 0 aliphatic rings. The van der Waals surface area contributed by atoms with E-state index < -0.39 is 0 Å². The summed E-state index contributed by atoms with van der Waals surface area (Å²) >= 11 is 6.18. The molecule has 1 aromatic heterocycles. The SMILES string of the molecule is CCCNc1nc(OCC)nc(-c2ccccc2Cl)n1. The van der Waals surface area contributed by atoms with Crippen LogP contribution >= 0.6 is 11.6 Å². The van der Waals surface area contributed by atoms with Gasteiger partial charge in [0.25, 0.3) is 0 Å². The van der Waals surface area contributed by atoms with Crippen LogP contribution in [0.4, 0.5) is 5.95 Å². The maximum atomic E-state index is 6.18. The maximum Gasteiger partial charge on any atom is 0.321 e. The van der Waals surface area contributed by atoms with E-state index in [1.807, 2.05) is 25.1 Å². The van der Waals surface area contributed by atoms with Crippen LogP contribution in [-0.4, -0.2) is 28.1 Å². The van der Waals surface area contributed by atoms with E-state index in [0.29, 0.717) is 29.4 Å². The number of anilines is 1. The second-order valence-corrected chi connectivity index (χ2v) is 4.51. The Kier molecular flexibility index (Phi) is 5.12. The summed E-state index contributed by atoms with van der Waals surface area (Å²) in [4.78, 5) is 12.9. The molecule has 2 aromatic rings. The van der Waals surface area contributed by atoms with Crippen LogP contribution in [0.3, 0.4) is 0 Å². The lowest BCUT2D eigenvalue weighted by Crippen LogP contribution is -2.08. The first-order chi connectivity index (χ1) is 9.74. The molecule has 0 aliphatic carbocycles. The number of hydrogen-bond donors (Lipinski definition) is 1. The Hall–Kier alpha value is -1.88. The van der Waals surface area contributed by atoms with Crippen LogP contribution in [0.2, 0.25) is 5.02 Å². The molecule has 0 unspecified atom stereocenters. The summed E-state index contributed by atoms with van der Waals surface area (Å²) in [5.74, 6) is 1.01. The monoisotopic (exact) mass is 292 g/mol. The third kappa shape index (κ3) is 3.57. The number of aromatic nitrogens is 3. The highest BCUT2D eigenvalue weighted by Crippen LogP contribution is 2.26. The van der Waals surface area contributed by atoms with Gasteiger partial charge >= 0.3 is 6.01 Å². The smallest absolute Gasteiger partial charge is 0.321 e. The summed E-state index contributed by atoms with van der Waals surface area (Å²) < 4.78 is 5.38. The van der Waals surface area contributed by atoms with Gasteiger partial charge < -0.3 is 10.1 Å². The van der Waals surface area contributed by atoms with Gasteiger partial charge in [-0.3, -0.25) is 0 Å². The summed E-state index contributed by atoms with van der Waals surface area (Å²) in [7, 11) is 0. The van der Waals surface area contributed by atoms with Crippen LogP contribution in [0.1, 0.15) is 20.3 Å². The van der Waals surface area contributed by atoms with Gasteiger partial charge in [-0.1, -0.05) is 30.7 Å². The predicted octanol–water partition coefficient (Wildman–Crippen LogP) is 3.41. The van der Waals surface area contributed by atoms with E-state index in [0.717, 1.165) is 18.5 Å². The van der Waals surface area contributed by atoms with Crippen LogP contribution in [0.15, 0.2) is 24.3 Å². The minimum absolute atomic E-state index is 0.302. The highest BCUT2D eigenvalue weighted by molar-refractivity contribution is 6.33. The van der Waals surface area contributed by atoms with E-state index in [2.05, 4.69) is 27.2 Å². The molecule has 106 valence electrons. The first-order valence-electron chi connectivity index (χ1n) is 6.62. The zero-order valence-corrected chi connectivity index (χ0v) is 12.3. The average molecular weight is 293 g/mol. The van der Waals surface area contributed by atoms with Gasteiger partial charge in [0.2, 0.25) is 5.95 Å². The van der Waals surface area contributed by atoms with Gasteiger partial charge in [-0.2, -0.15) is 15.0 Å². The molecule has 0 atom stereocenters. The molecule has 5 nitrogen and oxygen atoms in total. The Balaban J connectivity index is 2.40. The van der Waals surface area contributed by atoms with Crippen molar-refractivity contribution in [3.05, 3.63) is 29.3 Å². The number of hydrogen-bond acceptors (Lipinski definition) is 5. The van der Waals surface area contributed by atoms with Gasteiger partial charge in [0, 0.05) is 12.1 Å². The van der Waals surface area contributed by atoms with Crippen LogP contribution < -0.4 is 10.1 Å². The van der Waals surface area contributed by atoms with Crippen molar-refractivity contribution in [3.8, 4) is 17.4 Å². The molecule has 1 heterocycles. The quantitative estimate of drug-likeness (QED) is 0.884. The van der Waals surface area contributed by atoms with Crippen molar-refractivity contribution in [1.82, 2.24) is 15.0 Å². The fraction of sp³-hybridized carbons (Fsp3) is 0.357. The minimum Gasteiger partial charge on any atom is -0.464 e. The first-order valence-corrected chi connectivity index (χ1v) is 7.00. The lowest BCUT2D eigenvalue weighted by atomic mass is 10.2. The number of halogens is 1. The van der Waals surface area contributed by atoms with Crippen molar-refractivity contribution in [3.63, 3.8) is 0 Å². The molecule has 20 heavy (non-hydrogen) atoms.